The van der Waals surface area contributed by atoms with Crippen molar-refractivity contribution in [3.8, 4) is 0 Å². The highest BCUT2D eigenvalue weighted by Gasteiger charge is 2.33. The molecule has 1 saturated heterocycles. The zero-order valence-corrected chi connectivity index (χ0v) is 18.4. The lowest BCUT2D eigenvalue weighted by Crippen LogP contribution is -2.30. The molecule has 0 bridgehead atoms. The highest BCUT2D eigenvalue weighted by atomic mass is 16.5. The van der Waals surface area contributed by atoms with Crippen LogP contribution < -0.4 is 5.32 Å². The summed E-state index contributed by atoms with van der Waals surface area (Å²) in [5, 5.41) is 3.60. The van der Waals surface area contributed by atoms with E-state index in [1.54, 1.807) is 18.2 Å². The van der Waals surface area contributed by atoms with Crippen LogP contribution in [0, 0.1) is 0 Å². The minimum absolute atomic E-state index is 0.133. The molecule has 0 spiro atoms. The second-order valence-corrected chi connectivity index (χ2v) is 7.85. The molecule has 2 aromatic heterocycles. The molecule has 0 unspecified atom stereocenters. The molecule has 8 nitrogen and oxygen atoms in total. The minimum atomic E-state index is -0.537. The SMILES string of the molecule is COC(=O)c1ccc(Cn2cc(/C=C3\NC(=O)N(Cc4ccccc4)C3=O)c3ccccc32)o1. The Morgan fingerprint density at radius 2 is 1.76 bits per heavy atom. The van der Waals surface area contributed by atoms with Gasteiger partial charge in [-0.15, -0.1) is 0 Å². The molecular formula is C26H21N3O5. The lowest BCUT2D eigenvalue weighted by atomic mass is 10.1. The molecule has 4 aromatic rings. The average molecular weight is 455 g/mol. The number of benzene rings is 2. The molecule has 1 aliphatic heterocycles. The normalized spacial score (nSPS) is 14.7. The van der Waals surface area contributed by atoms with Crippen molar-refractivity contribution in [2.24, 2.45) is 0 Å². The Morgan fingerprint density at radius 1 is 1.00 bits per heavy atom. The number of fused-ring (bicyclic) bond motifs is 1. The van der Waals surface area contributed by atoms with E-state index in [4.69, 9.17) is 9.15 Å². The van der Waals surface area contributed by atoms with Crippen LogP contribution in [-0.2, 0) is 22.6 Å². The third kappa shape index (κ3) is 3.97. The molecule has 5 rings (SSSR count). The predicted octanol–water partition coefficient (Wildman–Crippen LogP) is 4.16. The van der Waals surface area contributed by atoms with Gasteiger partial charge in [0, 0.05) is 22.7 Å². The van der Waals surface area contributed by atoms with Crippen LogP contribution in [0.2, 0.25) is 0 Å². The Labute approximate surface area is 195 Å². The van der Waals surface area contributed by atoms with Crippen LogP contribution in [0.5, 0.6) is 0 Å². The summed E-state index contributed by atoms with van der Waals surface area (Å²) < 4.78 is 12.3. The van der Waals surface area contributed by atoms with Gasteiger partial charge in [0.05, 0.1) is 20.2 Å². The molecule has 0 saturated carbocycles. The van der Waals surface area contributed by atoms with Crippen molar-refractivity contribution in [2.45, 2.75) is 13.1 Å². The Morgan fingerprint density at radius 3 is 2.56 bits per heavy atom. The largest absolute Gasteiger partial charge is 0.463 e. The number of carbonyl (C=O) groups is 3. The van der Waals surface area contributed by atoms with Crippen molar-refractivity contribution in [2.75, 3.05) is 7.11 Å². The van der Waals surface area contributed by atoms with Crippen LogP contribution in [0.15, 0.2) is 83.0 Å². The van der Waals surface area contributed by atoms with Crippen LogP contribution in [-0.4, -0.2) is 34.5 Å². The number of ether oxygens (including phenoxy) is 1. The lowest BCUT2D eigenvalue weighted by molar-refractivity contribution is -0.123. The molecule has 170 valence electrons. The summed E-state index contributed by atoms with van der Waals surface area (Å²) in [7, 11) is 1.30. The first-order valence-electron chi connectivity index (χ1n) is 10.7. The van der Waals surface area contributed by atoms with E-state index in [1.165, 1.54) is 12.0 Å². The number of nitrogens with one attached hydrogen (secondary N) is 1. The number of amides is 3. The zero-order chi connectivity index (χ0) is 23.7. The lowest BCUT2D eigenvalue weighted by Gasteiger charge is -2.11. The van der Waals surface area contributed by atoms with Crippen molar-refractivity contribution in [3.63, 3.8) is 0 Å². The van der Waals surface area contributed by atoms with Crippen LogP contribution in [0.3, 0.4) is 0 Å². The summed E-state index contributed by atoms with van der Waals surface area (Å²) in [4.78, 5) is 38.3. The number of carbonyl (C=O) groups excluding carboxylic acids is 3. The number of imide groups is 1. The van der Waals surface area contributed by atoms with E-state index in [0.717, 1.165) is 22.0 Å². The molecule has 34 heavy (non-hydrogen) atoms. The fourth-order valence-electron chi connectivity index (χ4n) is 4.00. The smallest absolute Gasteiger partial charge is 0.373 e. The van der Waals surface area contributed by atoms with Gasteiger partial charge in [0.15, 0.2) is 0 Å². The molecule has 1 N–H and O–H groups in total. The first-order chi connectivity index (χ1) is 16.5. The first kappa shape index (κ1) is 21.3. The number of aromatic nitrogens is 1. The highest BCUT2D eigenvalue weighted by molar-refractivity contribution is 6.14. The van der Waals surface area contributed by atoms with E-state index in [-0.39, 0.29) is 23.9 Å². The number of rotatable bonds is 6. The van der Waals surface area contributed by atoms with Crippen LogP contribution in [0.25, 0.3) is 17.0 Å². The Bertz CT molecular complexity index is 1430. The van der Waals surface area contributed by atoms with Crippen LogP contribution in [0.1, 0.15) is 27.4 Å². The maximum Gasteiger partial charge on any atom is 0.373 e. The van der Waals surface area contributed by atoms with Crippen molar-refractivity contribution in [3.05, 3.63) is 101 Å². The number of esters is 1. The molecule has 2 aromatic carbocycles. The Hall–Kier alpha value is -4.59. The number of methoxy groups -OCH3 is 1. The molecule has 8 heteroatoms. The molecule has 3 heterocycles. The van der Waals surface area contributed by atoms with E-state index in [2.05, 4.69) is 5.32 Å². The minimum Gasteiger partial charge on any atom is -0.463 e. The maximum absolute atomic E-state index is 13.0. The monoisotopic (exact) mass is 455 g/mol. The topological polar surface area (TPSA) is 93.8 Å². The Balaban J connectivity index is 1.44. The van der Waals surface area contributed by atoms with Crippen molar-refractivity contribution >= 4 is 34.9 Å². The number of urea groups is 1. The van der Waals surface area contributed by atoms with Gasteiger partial charge in [0.25, 0.3) is 5.91 Å². The van der Waals surface area contributed by atoms with Gasteiger partial charge < -0.3 is 19.0 Å². The number of nitrogens with zero attached hydrogens (tertiary/aromatic N) is 2. The Kier molecular flexibility index (Phi) is 5.47. The second-order valence-electron chi connectivity index (χ2n) is 7.85. The van der Waals surface area contributed by atoms with E-state index >= 15 is 0 Å². The molecule has 0 radical (unpaired) electrons. The summed E-state index contributed by atoms with van der Waals surface area (Å²) >= 11 is 0. The van der Waals surface area contributed by atoms with Gasteiger partial charge >= 0.3 is 12.0 Å². The summed E-state index contributed by atoms with van der Waals surface area (Å²) in [5.41, 5.74) is 2.78. The van der Waals surface area contributed by atoms with Crippen molar-refractivity contribution in [1.29, 1.82) is 0 Å². The fourth-order valence-corrected chi connectivity index (χ4v) is 4.00. The molecule has 1 fully saturated rings. The quantitative estimate of drug-likeness (QED) is 0.268. The van der Waals surface area contributed by atoms with Crippen molar-refractivity contribution < 1.29 is 23.5 Å². The van der Waals surface area contributed by atoms with Gasteiger partial charge in [0.2, 0.25) is 5.76 Å². The van der Waals surface area contributed by atoms with Gasteiger partial charge in [-0.2, -0.15) is 0 Å². The second kappa shape index (κ2) is 8.74. The van der Waals surface area contributed by atoms with Gasteiger partial charge in [-0.25, -0.2) is 9.59 Å². The highest BCUT2D eigenvalue weighted by Crippen LogP contribution is 2.26. The average Bonchev–Trinajstić information content (AvgIpc) is 3.53. The van der Waals surface area contributed by atoms with E-state index in [1.807, 2.05) is 65.4 Å². The molecular weight excluding hydrogens is 434 g/mol. The van der Waals surface area contributed by atoms with Gasteiger partial charge in [0.1, 0.15) is 11.5 Å². The van der Waals surface area contributed by atoms with Crippen molar-refractivity contribution in [1.82, 2.24) is 14.8 Å². The third-order valence-electron chi connectivity index (χ3n) is 5.64. The number of hydrogen-bond donors (Lipinski definition) is 1. The molecule has 3 amide bonds. The van der Waals surface area contributed by atoms with E-state index in [0.29, 0.717) is 12.3 Å². The standard InChI is InChI=1S/C26H21N3O5/c1-33-25(31)23-12-11-19(34-23)16-28-15-18(20-9-5-6-10-22(20)28)13-21-24(30)29(26(32)27-21)14-17-7-3-2-4-8-17/h2-13,15H,14,16H2,1H3,(H,27,32)/b21-13-. The fraction of sp³-hybridized carbons (Fsp3) is 0.115. The van der Waals surface area contributed by atoms with Gasteiger partial charge in [-0.1, -0.05) is 48.5 Å². The summed E-state index contributed by atoms with van der Waals surface area (Å²) in [6.45, 7) is 0.576. The zero-order valence-electron chi connectivity index (χ0n) is 18.4. The van der Waals surface area contributed by atoms with E-state index < -0.39 is 12.0 Å². The first-order valence-corrected chi connectivity index (χ1v) is 10.7. The molecule has 0 aliphatic carbocycles. The summed E-state index contributed by atoms with van der Waals surface area (Å²) in [6.07, 6.45) is 3.57. The number of furan rings is 1. The predicted molar refractivity (Wildman–Crippen MR) is 125 cm³/mol. The summed E-state index contributed by atoms with van der Waals surface area (Å²) in [6, 6.07) is 19.9. The number of para-hydroxylation sites is 1. The molecule has 1 aliphatic rings. The number of hydrogen-bond acceptors (Lipinski definition) is 5. The van der Waals surface area contributed by atoms with Gasteiger partial charge in [-0.3, -0.25) is 9.69 Å². The van der Waals surface area contributed by atoms with Crippen LogP contribution in [0.4, 0.5) is 4.79 Å². The third-order valence-corrected chi connectivity index (χ3v) is 5.64. The summed E-state index contributed by atoms with van der Waals surface area (Å²) in [5.74, 6) is -0.197. The van der Waals surface area contributed by atoms with Crippen LogP contribution >= 0.6 is 0 Å². The van der Waals surface area contributed by atoms with E-state index in [9.17, 15) is 14.4 Å². The van der Waals surface area contributed by atoms with Gasteiger partial charge in [-0.05, 0) is 29.8 Å². The maximum atomic E-state index is 13.0. The molecule has 0 atom stereocenters.